The van der Waals surface area contributed by atoms with Crippen LogP contribution in [-0.2, 0) is 5.41 Å². The first kappa shape index (κ1) is 14.9. The van der Waals surface area contributed by atoms with Crippen LogP contribution in [0.4, 0.5) is 0 Å². The fraction of sp³-hybridized carbons (Fsp3) is 0.588. The second-order valence-electron chi connectivity index (χ2n) is 6.03. The summed E-state index contributed by atoms with van der Waals surface area (Å²) in [5.41, 5.74) is 2.13. The lowest BCUT2D eigenvalue weighted by atomic mass is 9.82. The molecule has 0 saturated heterocycles. The maximum Gasteiger partial charge on any atom is 0.163 e. The van der Waals surface area contributed by atoms with E-state index < -0.39 is 0 Å². The molecule has 1 nitrogen and oxygen atoms in total. The number of hydrogen-bond acceptors (Lipinski definition) is 1. The molecule has 0 amide bonds. The van der Waals surface area contributed by atoms with Gasteiger partial charge in [0.25, 0.3) is 0 Å². The molecule has 1 aromatic carbocycles. The number of unbranched alkanes of at least 4 members (excludes halogenated alkanes) is 3. The molecule has 0 aliphatic rings. The molecule has 0 unspecified atom stereocenters. The molecule has 1 heteroatoms. The second-order valence-corrected chi connectivity index (χ2v) is 6.03. The third-order valence-corrected chi connectivity index (χ3v) is 3.29. The number of Topliss-reactive ketones (excluding diaryl/α,β-unsaturated/α-hetero) is 1. The highest BCUT2D eigenvalue weighted by Gasteiger charge is 2.20. The van der Waals surface area contributed by atoms with Crippen molar-refractivity contribution in [2.45, 2.75) is 65.2 Å². The molecule has 18 heavy (non-hydrogen) atoms. The van der Waals surface area contributed by atoms with Crippen LogP contribution in [0.1, 0.15) is 75.7 Å². The first-order valence-corrected chi connectivity index (χ1v) is 7.09. The summed E-state index contributed by atoms with van der Waals surface area (Å²) >= 11 is 0. The fourth-order valence-electron chi connectivity index (χ4n) is 2.23. The van der Waals surface area contributed by atoms with Crippen LogP contribution in [0.2, 0.25) is 0 Å². The zero-order valence-corrected chi connectivity index (χ0v) is 12.3. The monoisotopic (exact) mass is 246 g/mol. The maximum atomic E-state index is 12.3. The Bertz CT molecular complexity index is 385. The molecular formula is C17H26O. The highest BCUT2D eigenvalue weighted by atomic mass is 16.1. The molecule has 0 aliphatic heterocycles. The molecule has 0 N–H and O–H groups in total. The molecule has 0 aliphatic carbocycles. The highest BCUT2D eigenvalue weighted by molar-refractivity contribution is 5.97. The molecule has 0 fully saturated rings. The first-order valence-electron chi connectivity index (χ1n) is 7.09. The predicted molar refractivity (Wildman–Crippen MR) is 78.2 cm³/mol. The van der Waals surface area contributed by atoms with Gasteiger partial charge in [0.2, 0.25) is 0 Å². The lowest BCUT2D eigenvalue weighted by Gasteiger charge is -2.22. The second kappa shape index (κ2) is 6.72. The van der Waals surface area contributed by atoms with Gasteiger partial charge in [-0.05, 0) is 17.4 Å². The van der Waals surface area contributed by atoms with Crippen LogP contribution in [0.3, 0.4) is 0 Å². The zero-order chi connectivity index (χ0) is 13.6. The number of carbonyl (C=O) groups is 1. The topological polar surface area (TPSA) is 17.1 Å². The predicted octanol–water partition coefficient (Wildman–Crippen LogP) is 5.14. The average Bonchev–Trinajstić information content (AvgIpc) is 2.33. The normalized spacial score (nSPS) is 11.6. The summed E-state index contributed by atoms with van der Waals surface area (Å²) in [7, 11) is 0. The molecule has 0 saturated carbocycles. The maximum absolute atomic E-state index is 12.3. The van der Waals surface area contributed by atoms with Crippen molar-refractivity contribution in [3.05, 3.63) is 35.4 Å². The van der Waals surface area contributed by atoms with Gasteiger partial charge in [0.05, 0.1) is 0 Å². The van der Waals surface area contributed by atoms with E-state index in [1.807, 2.05) is 18.2 Å². The van der Waals surface area contributed by atoms with Crippen LogP contribution in [0.25, 0.3) is 0 Å². The Balaban J connectivity index is 2.74. The van der Waals surface area contributed by atoms with Crippen molar-refractivity contribution < 1.29 is 4.79 Å². The van der Waals surface area contributed by atoms with Crippen molar-refractivity contribution in [1.29, 1.82) is 0 Å². The van der Waals surface area contributed by atoms with Crippen molar-refractivity contribution in [3.63, 3.8) is 0 Å². The summed E-state index contributed by atoms with van der Waals surface area (Å²) in [4.78, 5) is 12.3. The minimum absolute atomic E-state index is 0.0374. The third-order valence-electron chi connectivity index (χ3n) is 3.29. The highest BCUT2D eigenvalue weighted by Crippen LogP contribution is 2.26. The standard InChI is InChI=1S/C17H26O/c1-5-6-7-8-13-16(18)14-11-9-10-12-15(14)17(2,3)4/h9-12H,5-8,13H2,1-4H3. The van der Waals surface area contributed by atoms with E-state index in [9.17, 15) is 4.79 Å². The molecule has 0 bridgehead atoms. The Morgan fingerprint density at radius 3 is 2.33 bits per heavy atom. The van der Waals surface area contributed by atoms with Crippen molar-refractivity contribution >= 4 is 5.78 Å². The summed E-state index contributed by atoms with van der Waals surface area (Å²) in [5.74, 6) is 0.302. The van der Waals surface area contributed by atoms with Crippen molar-refractivity contribution in [3.8, 4) is 0 Å². The van der Waals surface area contributed by atoms with Gasteiger partial charge < -0.3 is 0 Å². The van der Waals surface area contributed by atoms with Gasteiger partial charge >= 0.3 is 0 Å². The van der Waals surface area contributed by atoms with Gasteiger partial charge in [-0.1, -0.05) is 71.2 Å². The molecule has 0 atom stereocenters. The van der Waals surface area contributed by atoms with E-state index in [2.05, 4.69) is 33.8 Å². The molecular weight excluding hydrogens is 220 g/mol. The van der Waals surface area contributed by atoms with E-state index in [0.29, 0.717) is 12.2 Å². The van der Waals surface area contributed by atoms with Gasteiger partial charge in [0.1, 0.15) is 0 Å². The fourth-order valence-corrected chi connectivity index (χ4v) is 2.23. The van der Waals surface area contributed by atoms with Gasteiger partial charge in [-0.2, -0.15) is 0 Å². The summed E-state index contributed by atoms with van der Waals surface area (Å²) in [6, 6.07) is 8.05. The minimum atomic E-state index is 0.0374. The molecule has 1 rings (SSSR count). The van der Waals surface area contributed by atoms with Crippen LogP contribution >= 0.6 is 0 Å². The van der Waals surface area contributed by atoms with Gasteiger partial charge in [-0.25, -0.2) is 0 Å². The zero-order valence-electron chi connectivity index (χ0n) is 12.3. The van der Waals surface area contributed by atoms with E-state index in [1.165, 1.54) is 24.8 Å². The minimum Gasteiger partial charge on any atom is -0.294 e. The molecule has 0 radical (unpaired) electrons. The Labute approximate surface area is 112 Å². The Hall–Kier alpha value is -1.11. The summed E-state index contributed by atoms with van der Waals surface area (Å²) in [5, 5.41) is 0. The van der Waals surface area contributed by atoms with Crippen molar-refractivity contribution in [2.75, 3.05) is 0 Å². The Morgan fingerprint density at radius 1 is 1.06 bits per heavy atom. The number of benzene rings is 1. The van der Waals surface area contributed by atoms with Gasteiger partial charge in [0, 0.05) is 12.0 Å². The van der Waals surface area contributed by atoms with Gasteiger partial charge in [-0.15, -0.1) is 0 Å². The van der Waals surface area contributed by atoms with E-state index in [4.69, 9.17) is 0 Å². The van der Waals surface area contributed by atoms with E-state index >= 15 is 0 Å². The smallest absolute Gasteiger partial charge is 0.163 e. The van der Waals surface area contributed by atoms with E-state index in [-0.39, 0.29) is 5.41 Å². The SMILES string of the molecule is CCCCCCC(=O)c1ccccc1C(C)(C)C. The largest absolute Gasteiger partial charge is 0.294 e. The molecule has 1 aromatic rings. The van der Waals surface area contributed by atoms with Crippen LogP contribution in [0.5, 0.6) is 0 Å². The summed E-state index contributed by atoms with van der Waals surface area (Å²) < 4.78 is 0. The van der Waals surface area contributed by atoms with Crippen LogP contribution in [0.15, 0.2) is 24.3 Å². The van der Waals surface area contributed by atoms with Crippen molar-refractivity contribution in [1.82, 2.24) is 0 Å². The Morgan fingerprint density at radius 2 is 1.72 bits per heavy atom. The molecule has 0 heterocycles. The number of ketones is 1. The average molecular weight is 246 g/mol. The van der Waals surface area contributed by atoms with Crippen LogP contribution in [-0.4, -0.2) is 5.78 Å². The molecule has 0 aromatic heterocycles. The van der Waals surface area contributed by atoms with Crippen LogP contribution in [0, 0.1) is 0 Å². The van der Waals surface area contributed by atoms with Crippen molar-refractivity contribution in [2.24, 2.45) is 0 Å². The first-order chi connectivity index (χ1) is 8.46. The third kappa shape index (κ3) is 4.29. The molecule has 100 valence electrons. The van der Waals surface area contributed by atoms with E-state index in [1.54, 1.807) is 0 Å². The van der Waals surface area contributed by atoms with E-state index in [0.717, 1.165) is 12.0 Å². The summed E-state index contributed by atoms with van der Waals surface area (Å²) in [6.45, 7) is 8.68. The number of rotatable bonds is 6. The molecule has 0 spiro atoms. The number of hydrogen-bond donors (Lipinski definition) is 0. The summed E-state index contributed by atoms with van der Waals surface area (Å²) in [6.07, 6.45) is 5.32. The quantitative estimate of drug-likeness (QED) is 0.502. The van der Waals surface area contributed by atoms with Crippen LogP contribution < -0.4 is 0 Å². The Kier molecular flexibility index (Phi) is 5.58. The number of carbonyl (C=O) groups excluding carboxylic acids is 1. The lowest BCUT2D eigenvalue weighted by Crippen LogP contribution is -2.16. The lowest BCUT2D eigenvalue weighted by molar-refractivity contribution is 0.0977. The van der Waals surface area contributed by atoms with Gasteiger partial charge in [0.15, 0.2) is 5.78 Å². The van der Waals surface area contributed by atoms with Gasteiger partial charge in [-0.3, -0.25) is 4.79 Å².